The van der Waals surface area contributed by atoms with Crippen LogP contribution in [0, 0.1) is 36.5 Å². The lowest BCUT2D eigenvalue weighted by Crippen LogP contribution is -2.06. The number of benzene rings is 2. The standard InChI is InChI=1S/C22H19N7O/c1-14-11-17(5-4-10-23)12-15(2)19(14)30-22-28-20(25-3)27-21(29-22)26-18-8-6-16(13-24)7-9-18/h4-9,11-12H,1-3H3,(H2,25,26,27,28,29)/b5-4+. The molecule has 0 bridgehead atoms. The molecule has 0 radical (unpaired) electrons. The van der Waals surface area contributed by atoms with Gasteiger partial charge in [0.25, 0.3) is 0 Å². The predicted molar refractivity (Wildman–Crippen MR) is 114 cm³/mol. The second-order valence-corrected chi connectivity index (χ2v) is 6.38. The minimum absolute atomic E-state index is 0.136. The van der Waals surface area contributed by atoms with Crippen molar-refractivity contribution in [2.75, 3.05) is 17.7 Å². The summed E-state index contributed by atoms with van der Waals surface area (Å²) in [6.45, 7) is 3.84. The monoisotopic (exact) mass is 397 g/mol. The van der Waals surface area contributed by atoms with Gasteiger partial charge in [-0.05, 0) is 73.0 Å². The minimum Gasteiger partial charge on any atom is -0.424 e. The van der Waals surface area contributed by atoms with Gasteiger partial charge in [-0.25, -0.2) is 0 Å². The Hall–Kier alpha value is -4.43. The SMILES string of the molecule is CNc1nc(Nc2ccc(C#N)cc2)nc(Oc2c(C)cc(/C=C/C#N)cc2C)n1. The maximum Gasteiger partial charge on any atom is 0.328 e. The third-order valence-electron chi connectivity index (χ3n) is 4.13. The normalized spacial score (nSPS) is 10.3. The summed E-state index contributed by atoms with van der Waals surface area (Å²) < 4.78 is 5.98. The van der Waals surface area contributed by atoms with Gasteiger partial charge in [0, 0.05) is 18.8 Å². The van der Waals surface area contributed by atoms with Gasteiger partial charge >= 0.3 is 6.01 Å². The molecule has 2 N–H and O–H groups in total. The molecular weight excluding hydrogens is 378 g/mol. The van der Waals surface area contributed by atoms with Gasteiger partial charge in [-0.2, -0.15) is 25.5 Å². The lowest BCUT2D eigenvalue weighted by molar-refractivity contribution is 0.435. The van der Waals surface area contributed by atoms with Crippen LogP contribution in [0.4, 0.5) is 17.6 Å². The first kappa shape index (κ1) is 20.3. The van der Waals surface area contributed by atoms with Crippen molar-refractivity contribution in [3.8, 4) is 23.9 Å². The van der Waals surface area contributed by atoms with Crippen molar-refractivity contribution in [3.63, 3.8) is 0 Å². The average molecular weight is 397 g/mol. The Labute approximate surface area is 174 Å². The summed E-state index contributed by atoms with van der Waals surface area (Å²) in [4.78, 5) is 12.9. The highest BCUT2D eigenvalue weighted by molar-refractivity contribution is 5.58. The highest BCUT2D eigenvalue weighted by atomic mass is 16.5. The lowest BCUT2D eigenvalue weighted by Gasteiger charge is -2.13. The van der Waals surface area contributed by atoms with E-state index in [0.717, 1.165) is 22.4 Å². The van der Waals surface area contributed by atoms with Gasteiger partial charge in [0.2, 0.25) is 11.9 Å². The second-order valence-electron chi connectivity index (χ2n) is 6.38. The summed E-state index contributed by atoms with van der Waals surface area (Å²) in [7, 11) is 1.71. The van der Waals surface area contributed by atoms with Gasteiger partial charge in [0.15, 0.2) is 0 Å². The van der Waals surface area contributed by atoms with E-state index < -0.39 is 0 Å². The smallest absolute Gasteiger partial charge is 0.328 e. The molecule has 0 amide bonds. The number of aromatic nitrogens is 3. The zero-order chi connectivity index (χ0) is 21.5. The van der Waals surface area contributed by atoms with Crippen LogP contribution in [0.15, 0.2) is 42.5 Å². The largest absolute Gasteiger partial charge is 0.424 e. The molecule has 8 nitrogen and oxygen atoms in total. The first-order chi connectivity index (χ1) is 14.5. The van der Waals surface area contributed by atoms with Gasteiger partial charge in [-0.15, -0.1) is 0 Å². The van der Waals surface area contributed by atoms with E-state index in [9.17, 15) is 0 Å². The average Bonchev–Trinajstić information content (AvgIpc) is 2.75. The van der Waals surface area contributed by atoms with Crippen LogP contribution < -0.4 is 15.4 Å². The Kier molecular flexibility index (Phi) is 6.21. The summed E-state index contributed by atoms with van der Waals surface area (Å²) in [5.74, 6) is 1.29. The fourth-order valence-corrected chi connectivity index (χ4v) is 2.79. The number of rotatable bonds is 6. The lowest BCUT2D eigenvalue weighted by atomic mass is 10.1. The molecule has 8 heteroatoms. The van der Waals surface area contributed by atoms with E-state index in [-0.39, 0.29) is 6.01 Å². The Morgan fingerprint density at radius 3 is 2.23 bits per heavy atom. The highest BCUT2D eigenvalue weighted by Gasteiger charge is 2.12. The third kappa shape index (κ3) is 4.89. The minimum atomic E-state index is 0.136. The predicted octanol–water partition coefficient (Wildman–Crippen LogP) is 4.47. The Morgan fingerprint density at radius 1 is 0.967 bits per heavy atom. The van der Waals surface area contributed by atoms with E-state index in [2.05, 4.69) is 31.7 Å². The van der Waals surface area contributed by atoms with Crippen LogP contribution in [0.2, 0.25) is 0 Å². The van der Waals surface area contributed by atoms with E-state index in [1.54, 1.807) is 37.4 Å². The third-order valence-corrected chi connectivity index (χ3v) is 4.13. The fourth-order valence-electron chi connectivity index (χ4n) is 2.79. The van der Waals surface area contributed by atoms with Crippen molar-refractivity contribution >= 4 is 23.7 Å². The molecule has 1 aromatic heterocycles. The van der Waals surface area contributed by atoms with Gasteiger partial charge in [-0.3, -0.25) is 0 Å². The molecule has 0 aliphatic rings. The number of allylic oxidation sites excluding steroid dienone is 1. The molecule has 0 aliphatic carbocycles. The van der Waals surface area contributed by atoms with Gasteiger partial charge in [-0.1, -0.05) is 0 Å². The zero-order valence-corrected chi connectivity index (χ0v) is 16.8. The summed E-state index contributed by atoms with van der Waals surface area (Å²) in [5, 5.41) is 23.6. The van der Waals surface area contributed by atoms with Gasteiger partial charge < -0.3 is 15.4 Å². The number of nitrogens with one attached hydrogen (secondary N) is 2. The van der Waals surface area contributed by atoms with E-state index in [0.29, 0.717) is 23.2 Å². The molecule has 0 fully saturated rings. The van der Waals surface area contributed by atoms with E-state index in [4.69, 9.17) is 15.3 Å². The second kappa shape index (κ2) is 9.18. The van der Waals surface area contributed by atoms with Crippen LogP contribution in [0.3, 0.4) is 0 Å². The molecule has 1 heterocycles. The zero-order valence-electron chi connectivity index (χ0n) is 16.8. The highest BCUT2D eigenvalue weighted by Crippen LogP contribution is 2.29. The maximum atomic E-state index is 8.92. The summed E-state index contributed by atoms with van der Waals surface area (Å²) in [6.07, 6.45) is 3.17. The molecule has 30 heavy (non-hydrogen) atoms. The number of nitrogens with zero attached hydrogens (tertiary/aromatic N) is 5. The van der Waals surface area contributed by atoms with Crippen molar-refractivity contribution in [2.45, 2.75) is 13.8 Å². The number of nitriles is 2. The quantitative estimate of drug-likeness (QED) is 0.585. The number of aryl methyl sites for hydroxylation is 2. The van der Waals surface area contributed by atoms with Crippen LogP contribution in [-0.2, 0) is 0 Å². The Bertz CT molecular complexity index is 1150. The molecule has 0 spiro atoms. The molecule has 3 aromatic rings. The van der Waals surface area contributed by atoms with Gasteiger partial charge in [0.1, 0.15) is 5.75 Å². The van der Waals surface area contributed by atoms with Crippen molar-refractivity contribution in [2.24, 2.45) is 0 Å². The molecule has 0 atom stereocenters. The molecule has 0 unspecified atom stereocenters. The van der Waals surface area contributed by atoms with Crippen LogP contribution in [0.5, 0.6) is 11.8 Å². The topological polar surface area (TPSA) is 120 Å². The number of hydrogen-bond acceptors (Lipinski definition) is 8. The first-order valence-corrected chi connectivity index (χ1v) is 9.08. The molecule has 0 saturated heterocycles. The van der Waals surface area contributed by atoms with Crippen LogP contribution >= 0.6 is 0 Å². The maximum absolute atomic E-state index is 8.92. The first-order valence-electron chi connectivity index (χ1n) is 9.08. The molecule has 0 aliphatic heterocycles. The van der Waals surface area contributed by atoms with Crippen LogP contribution in [0.1, 0.15) is 22.3 Å². The number of anilines is 3. The summed E-state index contributed by atoms with van der Waals surface area (Å²) >= 11 is 0. The number of hydrogen-bond donors (Lipinski definition) is 2. The fraction of sp³-hybridized carbons (Fsp3) is 0.136. The van der Waals surface area contributed by atoms with Gasteiger partial charge in [0.05, 0.1) is 17.7 Å². The number of ether oxygens (including phenoxy) is 1. The van der Waals surface area contributed by atoms with Crippen molar-refractivity contribution in [3.05, 3.63) is 64.7 Å². The molecule has 0 saturated carbocycles. The van der Waals surface area contributed by atoms with Crippen LogP contribution in [0.25, 0.3) is 6.08 Å². The molecule has 2 aromatic carbocycles. The molecule has 148 valence electrons. The molecule has 3 rings (SSSR count). The van der Waals surface area contributed by atoms with E-state index >= 15 is 0 Å². The van der Waals surface area contributed by atoms with Crippen molar-refractivity contribution in [1.82, 2.24) is 15.0 Å². The van der Waals surface area contributed by atoms with E-state index in [1.807, 2.05) is 32.0 Å². The summed E-state index contributed by atoms with van der Waals surface area (Å²) in [5.41, 5.74) is 3.99. The Balaban J connectivity index is 1.89. The van der Waals surface area contributed by atoms with Crippen LogP contribution in [-0.4, -0.2) is 22.0 Å². The summed E-state index contributed by atoms with van der Waals surface area (Å²) in [6, 6.07) is 15.0. The Morgan fingerprint density at radius 2 is 1.63 bits per heavy atom. The van der Waals surface area contributed by atoms with Crippen molar-refractivity contribution in [1.29, 1.82) is 10.5 Å². The molecular formula is C22H19N7O. The van der Waals surface area contributed by atoms with E-state index in [1.165, 1.54) is 6.08 Å². The van der Waals surface area contributed by atoms with Crippen molar-refractivity contribution < 1.29 is 4.74 Å².